The molecule has 2 heterocycles. The quantitative estimate of drug-likeness (QED) is 0.822. The van der Waals surface area contributed by atoms with Crippen LogP contribution in [0.25, 0.3) is 0 Å². The maximum atomic E-state index is 12.9. The van der Waals surface area contributed by atoms with Gasteiger partial charge in [0, 0.05) is 43.5 Å². The normalized spacial score (nSPS) is 30.4. The van der Waals surface area contributed by atoms with Crippen LogP contribution in [0.1, 0.15) is 51.4 Å². The molecule has 6 heteroatoms. The van der Waals surface area contributed by atoms with Crippen LogP contribution >= 0.6 is 11.8 Å². The van der Waals surface area contributed by atoms with Crippen LogP contribution < -0.4 is 5.32 Å². The molecule has 1 N–H and O–H groups in total. The lowest BCUT2D eigenvalue weighted by Gasteiger charge is -2.39. The van der Waals surface area contributed by atoms with Crippen LogP contribution in [0.2, 0.25) is 0 Å². The summed E-state index contributed by atoms with van der Waals surface area (Å²) in [6, 6.07) is 0.119. The summed E-state index contributed by atoms with van der Waals surface area (Å²) in [6.07, 6.45) is 9.83. The molecule has 3 fully saturated rings. The number of hydrogen-bond donors (Lipinski definition) is 1. The fourth-order valence-corrected chi connectivity index (χ4v) is 5.18. The SMILES string of the molecule is CSC1(CNC(=O)[C@@H]2CCCC[C@@H]2N2CCCC2=O)CCOCC1. The highest BCUT2D eigenvalue weighted by Crippen LogP contribution is 2.34. The molecule has 3 aliphatic rings. The van der Waals surface area contributed by atoms with E-state index >= 15 is 0 Å². The summed E-state index contributed by atoms with van der Waals surface area (Å²) < 4.78 is 5.59. The smallest absolute Gasteiger partial charge is 0.225 e. The molecule has 0 radical (unpaired) electrons. The van der Waals surface area contributed by atoms with Crippen molar-refractivity contribution in [2.24, 2.45) is 5.92 Å². The molecule has 136 valence electrons. The van der Waals surface area contributed by atoms with Gasteiger partial charge in [-0.25, -0.2) is 0 Å². The topological polar surface area (TPSA) is 58.6 Å². The fourth-order valence-electron chi connectivity index (χ4n) is 4.39. The molecule has 2 amide bonds. The minimum absolute atomic E-state index is 0.0282. The van der Waals surface area contributed by atoms with Crippen LogP contribution in [0.4, 0.5) is 0 Å². The van der Waals surface area contributed by atoms with Crippen molar-refractivity contribution >= 4 is 23.6 Å². The van der Waals surface area contributed by atoms with Gasteiger partial charge in [0.15, 0.2) is 0 Å². The van der Waals surface area contributed by atoms with Gasteiger partial charge < -0.3 is 15.0 Å². The third kappa shape index (κ3) is 3.90. The predicted molar refractivity (Wildman–Crippen MR) is 96.0 cm³/mol. The second kappa shape index (κ2) is 8.09. The second-order valence-electron chi connectivity index (χ2n) is 7.37. The molecular formula is C18H30N2O3S. The molecule has 2 saturated heterocycles. The monoisotopic (exact) mass is 354 g/mol. The van der Waals surface area contributed by atoms with E-state index in [2.05, 4.69) is 11.6 Å². The number of hydrogen-bond acceptors (Lipinski definition) is 4. The highest BCUT2D eigenvalue weighted by atomic mass is 32.2. The van der Waals surface area contributed by atoms with Gasteiger partial charge in [-0.05, 0) is 38.4 Å². The highest BCUT2D eigenvalue weighted by molar-refractivity contribution is 8.00. The van der Waals surface area contributed by atoms with Crippen molar-refractivity contribution in [1.29, 1.82) is 0 Å². The molecule has 2 aliphatic heterocycles. The number of carbonyl (C=O) groups excluding carboxylic acids is 2. The van der Waals surface area contributed by atoms with Gasteiger partial charge in [0.1, 0.15) is 0 Å². The second-order valence-corrected chi connectivity index (χ2v) is 8.64. The Morgan fingerprint density at radius 2 is 2.04 bits per heavy atom. The molecule has 0 spiro atoms. The first-order valence-electron chi connectivity index (χ1n) is 9.35. The predicted octanol–water partition coefficient (Wildman–Crippen LogP) is 2.20. The van der Waals surface area contributed by atoms with Crippen molar-refractivity contribution in [2.75, 3.05) is 32.6 Å². The number of rotatable bonds is 5. The van der Waals surface area contributed by atoms with Crippen LogP contribution in [0.5, 0.6) is 0 Å². The molecule has 5 nitrogen and oxygen atoms in total. The van der Waals surface area contributed by atoms with Gasteiger partial charge in [-0.2, -0.15) is 11.8 Å². The average Bonchev–Trinajstić information content (AvgIpc) is 3.06. The zero-order valence-corrected chi connectivity index (χ0v) is 15.5. The largest absolute Gasteiger partial charge is 0.381 e. The van der Waals surface area contributed by atoms with E-state index in [9.17, 15) is 9.59 Å². The fraction of sp³-hybridized carbons (Fsp3) is 0.889. The Hall–Kier alpha value is -0.750. The van der Waals surface area contributed by atoms with E-state index in [0.29, 0.717) is 13.0 Å². The van der Waals surface area contributed by atoms with Gasteiger partial charge in [0.2, 0.25) is 11.8 Å². The van der Waals surface area contributed by atoms with Gasteiger partial charge in [-0.3, -0.25) is 9.59 Å². The first-order chi connectivity index (χ1) is 11.7. The third-order valence-electron chi connectivity index (χ3n) is 6.00. The number of nitrogens with zero attached hydrogens (tertiary/aromatic N) is 1. The minimum atomic E-state index is -0.0282. The van der Waals surface area contributed by atoms with E-state index in [1.165, 1.54) is 0 Å². The number of nitrogens with one attached hydrogen (secondary N) is 1. The van der Waals surface area contributed by atoms with Gasteiger partial charge in [-0.15, -0.1) is 0 Å². The Kier molecular flexibility index (Phi) is 6.08. The van der Waals surface area contributed by atoms with Gasteiger partial charge >= 0.3 is 0 Å². The highest BCUT2D eigenvalue weighted by Gasteiger charge is 2.39. The van der Waals surface area contributed by atoms with E-state index in [4.69, 9.17) is 4.74 Å². The Labute approximate surface area is 149 Å². The van der Waals surface area contributed by atoms with E-state index in [0.717, 1.165) is 64.7 Å². The maximum absolute atomic E-state index is 12.9. The summed E-state index contributed by atoms with van der Waals surface area (Å²) in [7, 11) is 0. The van der Waals surface area contributed by atoms with Gasteiger partial charge in [0.05, 0.1) is 5.92 Å². The number of carbonyl (C=O) groups is 2. The first kappa shape index (κ1) is 18.1. The lowest BCUT2D eigenvalue weighted by atomic mass is 9.82. The van der Waals surface area contributed by atoms with Crippen molar-refractivity contribution in [3.8, 4) is 0 Å². The van der Waals surface area contributed by atoms with E-state index in [1.807, 2.05) is 16.7 Å². The third-order valence-corrected chi connectivity index (χ3v) is 7.42. The summed E-state index contributed by atoms with van der Waals surface area (Å²) >= 11 is 1.85. The van der Waals surface area contributed by atoms with Crippen LogP contribution in [0, 0.1) is 5.92 Å². The number of ether oxygens (including phenoxy) is 1. The van der Waals surface area contributed by atoms with Crippen molar-refractivity contribution in [3.63, 3.8) is 0 Å². The summed E-state index contributed by atoms with van der Waals surface area (Å²) in [5.41, 5.74) is 0. The van der Waals surface area contributed by atoms with Crippen molar-refractivity contribution in [1.82, 2.24) is 10.2 Å². The zero-order valence-electron chi connectivity index (χ0n) is 14.7. The number of likely N-dealkylation sites (tertiary alicyclic amines) is 1. The molecule has 0 bridgehead atoms. The molecule has 2 atom stereocenters. The van der Waals surface area contributed by atoms with Crippen LogP contribution in [-0.4, -0.2) is 60.1 Å². The summed E-state index contributed by atoms with van der Waals surface area (Å²) in [5.74, 6) is 0.364. The van der Waals surface area contributed by atoms with Gasteiger partial charge in [0.25, 0.3) is 0 Å². The number of thioether (sulfide) groups is 1. The Morgan fingerprint density at radius 1 is 1.29 bits per heavy atom. The minimum Gasteiger partial charge on any atom is -0.381 e. The zero-order chi connectivity index (χ0) is 17.0. The maximum Gasteiger partial charge on any atom is 0.225 e. The van der Waals surface area contributed by atoms with Crippen LogP contribution in [-0.2, 0) is 14.3 Å². The molecule has 0 aromatic carbocycles. The molecule has 3 rings (SSSR count). The lowest BCUT2D eigenvalue weighted by molar-refractivity contribution is -0.135. The Bertz CT molecular complexity index is 465. The molecule has 0 aromatic heterocycles. The van der Waals surface area contributed by atoms with E-state index in [-0.39, 0.29) is 28.5 Å². The molecule has 1 aliphatic carbocycles. The van der Waals surface area contributed by atoms with Crippen molar-refractivity contribution in [3.05, 3.63) is 0 Å². The lowest BCUT2D eigenvalue weighted by Crippen LogP contribution is -2.51. The van der Waals surface area contributed by atoms with Crippen LogP contribution in [0.15, 0.2) is 0 Å². The Balaban J connectivity index is 1.60. The van der Waals surface area contributed by atoms with Crippen LogP contribution in [0.3, 0.4) is 0 Å². The molecular weight excluding hydrogens is 324 g/mol. The average molecular weight is 355 g/mol. The standard InChI is InChI=1S/C18H30N2O3S/c1-24-18(8-11-23-12-9-18)13-19-17(22)14-5-2-3-6-15(14)20-10-4-7-16(20)21/h14-15H,2-13H2,1H3,(H,19,22)/t14-,15+/m1/s1. The van der Waals surface area contributed by atoms with Crippen molar-refractivity contribution in [2.45, 2.75) is 62.2 Å². The van der Waals surface area contributed by atoms with E-state index in [1.54, 1.807) is 0 Å². The summed E-state index contributed by atoms with van der Waals surface area (Å²) in [6.45, 7) is 3.11. The first-order valence-corrected chi connectivity index (χ1v) is 10.6. The molecule has 1 saturated carbocycles. The number of amides is 2. The molecule has 0 unspecified atom stereocenters. The molecule has 24 heavy (non-hydrogen) atoms. The molecule has 0 aromatic rings. The van der Waals surface area contributed by atoms with E-state index < -0.39 is 0 Å². The Morgan fingerprint density at radius 3 is 2.71 bits per heavy atom. The summed E-state index contributed by atoms with van der Waals surface area (Å²) in [5, 5.41) is 3.23. The summed E-state index contributed by atoms with van der Waals surface area (Å²) in [4.78, 5) is 27.0. The van der Waals surface area contributed by atoms with Gasteiger partial charge in [-0.1, -0.05) is 12.8 Å². The van der Waals surface area contributed by atoms with Crippen molar-refractivity contribution < 1.29 is 14.3 Å².